The molecule has 76 valence electrons. The number of hydrogen-bond acceptors (Lipinski definition) is 2. The van der Waals surface area contributed by atoms with Crippen LogP contribution in [0.15, 0.2) is 16.6 Å². The molecule has 0 radical (unpaired) electrons. The zero-order chi connectivity index (χ0) is 10.7. The summed E-state index contributed by atoms with van der Waals surface area (Å²) in [6.07, 6.45) is 0.0183. The molecular weight excluding hydrogens is 248 g/mol. The Morgan fingerprint density at radius 2 is 2.21 bits per heavy atom. The van der Waals surface area contributed by atoms with Crippen molar-refractivity contribution in [3.8, 4) is 5.75 Å². The average Bonchev–Trinajstić information content (AvgIpc) is 2.10. The molecule has 14 heavy (non-hydrogen) atoms. The SMILES string of the molecule is COc1cc(CC(=O)O)cc(C)c1Br. The quantitative estimate of drug-likeness (QED) is 0.906. The van der Waals surface area contributed by atoms with Crippen LogP contribution >= 0.6 is 15.9 Å². The molecule has 4 heteroatoms. The second kappa shape index (κ2) is 4.46. The van der Waals surface area contributed by atoms with E-state index in [1.54, 1.807) is 13.2 Å². The molecule has 0 amide bonds. The largest absolute Gasteiger partial charge is 0.496 e. The fourth-order valence-electron chi connectivity index (χ4n) is 1.23. The van der Waals surface area contributed by atoms with E-state index < -0.39 is 5.97 Å². The highest BCUT2D eigenvalue weighted by Crippen LogP contribution is 2.29. The third-order valence-electron chi connectivity index (χ3n) is 1.86. The van der Waals surface area contributed by atoms with Gasteiger partial charge in [0.2, 0.25) is 0 Å². The second-order valence-electron chi connectivity index (χ2n) is 3.00. The molecule has 0 aliphatic heterocycles. The smallest absolute Gasteiger partial charge is 0.307 e. The normalized spacial score (nSPS) is 9.93. The number of aliphatic carboxylic acids is 1. The van der Waals surface area contributed by atoms with Crippen molar-refractivity contribution >= 4 is 21.9 Å². The maximum absolute atomic E-state index is 10.5. The summed E-state index contributed by atoms with van der Waals surface area (Å²) in [5.74, 6) is -0.171. The molecule has 0 atom stereocenters. The van der Waals surface area contributed by atoms with Crippen LogP contribution in [0.5, 0.6) is 5.75 Å². The number of ether oxygens (including phenoxy) is 1. The van der Waals surface area contributed by atoms with E-state index in [0.717, 1.165) is 15.6 Å². The lowest BCUT2D eigenvalue weighted by Gasteiger charge is -2.08. The van der Waals surface area contributed by atoms with Crippen molar-refractivity contribution in [1.82, 2.24) is 0 Å². The van der Waals surface area contributed by atoms with Gasteiger partial charge in [-0.2, -0.15) is 0 Å². The lowest BCUT2D eigenvalue weighted by molar-refractivity contribution is -0.136. The predicted molar refractivity (Wildman–Crippen MR) is 56.8 cm³/mol. The van der Waals surface area contributed by atoms with Gasteiger partial charge in [0.05, 0.1) is 18.0 Å². The maximum atomic E-state index is 10.5. The minimum Gasteiger partial charge on any atom is -0.496 e. The van der Waals surface area contributed by atoms with Crippen LogP contribution in [0.2, 0.25) is 0 Å². The van der Waals surface area contributed by atoms with Gasteiger partial charge in [-0.05, 0) is 40.0 Å². The van der Waals surface area contributed by atoms with Gasteiger partial charge in [-0.3, -0.25) is 4.79 Å². The molecule has 3 nitrogen and oxygen atoms in total. The Bertz CT molecular complexity index is 361. The van der Waals surface area contributed by atoms with Gasteiger partial charge in [-0.15, -0.1) is 0 Å². The Kier molecular flexibility index (Phi) is 3.52. The molecule has 1 aromatic carbocycles. The first-order valence-corrected chi connectivity index (χ1v) is 4.88. The number of rotatable bonds is 3. The van der Waals surface area contributed by atoms with Crippen LogP contribution < -0.4 is 4.74 Å². The zero-order valence-electron chi connectivity index (χ0n) is 8.00. The summed E-state index contributed by atoms with van der Waals surface area (Å²) >= 11 is 3.37. The molecule has 1 rings (SSSR count). The van der Waals surface area contributed by atoms with Crippen molar-refractivity contribution < 1.29 is 14.6 Å². The highest BCUT2D eigenvalue weighted by Gasteiger charge is 2.08. The van der Waals surface area contributed by atoms with Gasteiger partial charge in [-0.25, -0.2) is 0 Å². The number of halogens is 1. The van der Waals surface area contributed by atoms with Crippen LogP contribution in [-0.2, 0) is 11.2 Å². The van der Waals surface area contributed by atoms with Gasteiger partial charge in [0.1, 0.15) is 5.75 Å². The van der Waals surface area contributed by atoms with E-state index in [9.17, 15) is 4.79 Å². The lowest BCUT2D eigenvalue weighted by atomic mass is 10.1. The zero-order valence-corrected chi connectivity index (χ0v) is 9.59. The molecule has 0 aliphatic carbocycles. The van der Waals surface area contributed by atoms with E-state index >= 15 is 0 Å². The van der Waals surface area contributed by atoms with E-state index in [1.165, 1.54) is 0 Å². The summed E-state index contributed by atoms with van der Waals surface area (Å²) in [5, 5.41) is 8.64. The number of benzene rings is 1. The van der Waals surface area contributed by atoms with Gasteiger partial charge < -0.3 is 9.84 Å². The first-order valence-electron chi connectivity index (χ1n) is 4.09. The average molecular weight is 259 g/mol. The summed E-state index contributed by atoms with van der Waals surface area (Å²) in [7, 11) is 1.56. The molecule has 0 aromatic heterocycles. The lowest BCUT2D eigenvalue weighted by Crippen LogP contribution is -2.01. The van der Waals surface area contributed by atoms with E-state index in [0.29, 0.717) is 5.75 Å². The molecule has 0 saturated heterocycles. The minimum atomic E-state index is -0.839. The minimum absolute atomic E-state index is 0.0183. The van der Waals surface area contributed by atoms with Crippen LogP contribution in [0.25, 0.3) is 0 Å². The molecule has 0 aliphatic rings. The molecule has 0 saturated carbocycles. The number of carbonyl (C=O) groups is 1. The molecule has 1 N–H and O–H groups in total. The summed E-state index contributed by atoms with van der Waals surface area (Å²) in [4.78, 5) is 10.5. The number of hydrogen-bond donors (Lipinski definition) is 1. The molecule has 1 aromatic rings. The van der Waals surface area contributed by atoms with Crippen LogP contribution in [0, 0.1) is 6.92 Å². The van der Waals surface area contributed by atoms with E-state index in [-0.39, 0.29) is 6.42 Å². The molecular formula is C10H11BrO3. The van der Waals surface area contributed by atoms with E-state index in [4.69, 9.17) is 9.84 Å². The van der Waals surface area contributed by atoms with Crippen molar-refractivity contribution in [1.29, 1.82) is 0 Å². The van der Waals surface area contributed by atoms with Gasteiger partial charge in [0.25, 0.3) is 0 Å². The molecule has 0 heterocycles. The Hall–Kier alpha value is -1.03. The highest BCUT2D eigenvalue weighted by atomic mass is 79.9. The van der Waals surface area contributed by atoms with Gasteiger partial charge in [0, 0.05) is 0 Å². The van der Waals surface area contributed by atoms with Gasteiger partial charge in [-0.1, -0.05) is 6.07 Å². The fraction of sp³-hybridized carbons (Fsp3) is 0.300. The number of methoxy groups -OCH3 is 1. The van der Waals surface area contributed by atoms with Crippen molar-refractivity contribution in [2.75, 3.05) is 7.11 Å². The standard InChI is InChI=1S/C10H11BrO3/c1-6-3-7(5-9(12)13)4-8(14-2)10(6)11/h3-4H,5H2,1-2H3,(H,12,13). The Balaban J connectivity index is 3.09. The summed E-state index contributed by atoms with van der Waals surface area (Å²) < 4.78 is 5.98. The number of carboxylic acid groups (broad SMARTS) is 1. The van der Waals surface area contributed by atoms with E-state index in [1.807, 2.05) is 13.0 Å². The van der Waals surface area contributed by atoms with Crippen molar-refractivity contribution in [2.24, 2.45) is 0 Å². The van der Waals surface area contributed by atoms with Gasteiger partial charge >= 0.3 is 5.97 Å². The van der Waals surface area contributed by atoms with Crippen LogP contribution in [0.1, 0.15) is 11.1 Å². The van der Waals surface area contributed by atoms with Crippen molar-refractivity contribution in [3.05, 3.63) is 27.7 Å². The summed E-state index contributed by atoms with van der Waals surface area (Å²) in [5.41, 5.74) is 1.72. The maximum Gasteiger partial charge on any atom is 0.307 e. The van der Waals surface area contributed by atoms with Crippen molar-refractivity contribution in [2.45, 2.75) is 13.3 Å². The van der Waals surface area contributed by atoms with E-state index in [2.05, 4.69) is 15.9 Å². The van der Waals surface area contributed by atoms with Crippen LogP contribution in [-0.4, -0.2) is 18.2 Å². The Morgan fingerprint density at radius 3 is 2.71 bits per heavy atom. The Labute approximate surface area is 90.8 Å². The molecule has 0 unspecified atom stereocenters. The predicted octanol–water partition coefficient (Wildman–Crippen LogP) is 2.39. The molecule has 0 bridgehead atoms. The monoisotopic (exact) mass is 258 g/mol. The fourth-order valence-corrected chi connectivity index (χ4v) is 1.63. The number of carboxylic acids is 1. The first kappa shape index (κ1) is 11.0. The van der Waals surface area contributed by atoms with Gasteiger partial charge in [0.15, 0.2) is 0 Å². The third kappa shape index (κ3) is 2.48. The Morgan fingerprint density at radius 1 is 1.57 bits per heavy atom. The summed E-state index contributed by atoms with van der Waals surface area (Å²) in [6, 6.07) is 3.56. The van der Waals surface area contributed by atoms with Crippen LogP contribution in [0.3, 0.4) is 0 Å². The van der Waals surface area contributed by atoms with Crippen molar-refractivity contribution in [3.63, 3.8) is 0 Å². The second-order valence-corrected chi connectivity index (χ2v) is 3.79. The topological polar surface area (TPSA) is 46.5 Å². The number of aryl methyl sites for hydroxylation is 1. The third-order valence-corrected chi connectivity index (χ3v) is 2.87. The molecule has 0 fully saturated rings. The summed E-state index contributed by atoms with van der Waals surface area (Å²) in [6.45, 7) is 1.90. The first-order chi connectivity index (χ1) is 6.54. The van der Waals surface area contributed by atoms with Crippen LogP contribution in [0.4, 0.5) is 0 Å². The molecule has 0 spiro atoms. The highest BCUT2D eigenvalue weighted by molar-refractivity contribution is 9.10.